The van der Waals surface area contributed by atoms with Crippen molar-refractivity contribution in [2.45, 2.75) is 0 Å². The lowest BCUT2D eigenvalue weighted by Gasteiger charge is -2.05. The number of carbonyl (C=O) groups excluding carboxylic acids is 1. The Balaban J connectivity index is 2.59. The number of benzene rings is 2. The smallest absolute Gasteiger partial charge is 0.236 e. The van der Waals surface area contributed by atoms with E-state index in [9.17, 15) is 4.79 Å². The molecule has 1 nitrogen and oxygen atoms in total. The van der Waals surface area contributed by atoms with Crippen molar-refractivity contribution in [2.75, 3.05) is 0 Å². The Bertz CT molecular complexity index is 547. The molecule has 76 valence electrons. The summed E-state index contributed by atoms with van der Waals surface area (Å²) in [5, 5.41) is 0. The second-order valence-electron chi connectivity index (χ2n) is 3.39. The molecule has 2 aromatic carbocycles. The summed E-state index contributed by atoms with van der Waals surface area (Å²) in [4.78, 5) is 11.6. The van der Waals surface area contributed by atoms with Gasteiger partial charge in [0.2, 0.25) is 5.78 Å². The van der Waals surface area contributed by atoms with Gasteiger partial charge in [0.25, 0.3) is 0 Å². The number of hydrogen-bond acceptors (Lipinski definition) is 1. The molecule has 0 amide bonds. The van der Waals surface area contributed by atoms with Crippen LogP contribution in [0.3, 0.4) is 0 Å². The summed E-state index contributed by atoms with van der Waals surface area (Å²) in [6.07, 6.45) is 5.15. The SMILES string of the molecule is C#CC(=O)c1ccccc1-c1ccccc1. The first-order chi connectivity index (χ1) is 7.83. The highest BCUT2D eigenvalue weighted by Gasteiger charge is 2.09. The molecule has 0 aliphatic heterocycles. The molecule has 16 heavy (non-hydrogen) atoms. The molecule has 0 N–H and O–H groups in total. The van der Waals surface area contributed by atoms with E-state index >= 15 is 0 Å². The predicted octanol–water partition coefficient (Wildman–Crippen LogP) is 3.17. The summed E-state index contributed by atoms with van der Waals surface area (Å²) in [6.45, 7) is 0. The van der Waals surface area contributed by atoms with Crippen LogP contribution in [0.2, 0.25) is 0 Å². The lowest BCUT2D eigenvalue weighted by molar-refractivity contribution is 0.105. The Kier molecular flexibility index (Phi) is 2.84. The molecule has 2 aromatic rings. The van der Waals surface area contributed by atoms with Gasteiger partial charge >= 0.3 is 0 Å². The van der Waals surface area contributed by atoms with Crippen LogP contribution in [0.25, 0.3) is 11.1 Å². The highest BCUT2D eigenvalue weighted by molar-refractivity contribution is 6.12. The third kappa shape index (κ3) is 1.87. The van der Waals surface area contributed by atoms with Gasteiger partial charge in [-0.15, -0.1) is 6.42 Å². The Labute approximate surface area is 94.7 Å². The van der Waals surface area contributed by atoms with Crippen LogP contribution in [0.5, 0.6) is 0 Å². The number of hydrogen-bond donors (Lipinski definition) is 0. The van der Waals surface area contributed by atoms with Gasteiger partial charge in [0.05, 0.1) is 0 Å². The van der Waals surface area contributed by atoms with Gasteiger partial charge in [0.1, 0.15) is 0 Å². The van der Waals surface area contributed by atoms with Crippen molar-refractivity contribution in [3.05, 3.63) is 60.2 Å². The highest BCUT2D eigenvalue weighted by Crippen LogP contribution is 2.23. The molecule has 0 aliphatic rings. The van der Waals surface area contributed by atoms with Crippen LogP contribution < -0.4 is 0 Å². The minimum Gasteiger partial charge on any atom is -0.279 e. The summed E-state index contributed by atoms with van der Waals surface area (Å²) in [5.74, 6) is 1.87. The number of terminal acetylenes is 1. The van der Waals surface area contributed by atoms with Crippen LogP contribution in [-0.2, 0) is 0 Å². The molecule has 0 spiro atoms. The van der Waals surface area contributed by atoms with Gasteiger partial charge in [-0.05, 0) is 23.1 Å². The molecule has 0 saturated carbocycles. The van der Waals surface area contributed by atoms with E-state index in [0.717, 1.165) is 11.1 Å². The lowest BCUT2D eigenvalue weighted by Crippen LogP contribution is -1.97. The van der Waals surface area contributed by atoms with Crippen LogP contribution in [0, 0.1) is 12.3 Å². The quantitative estimate of drug-likeness (QED) is 0.419. The minimum absolute atomic E-state index is 0.278. The van der Waals surface area contributed by atoms with Crippen LogP contribution in [0.4, 0.5) is 0 Å². The van der Waals surface area contributed by atoms with Gasteiger partial charge in [-0.25, -0.2) is 0 Å². The molecule has 2 rings (SSSR count). The van der Waals surface area contributed by atoms with E-state index in [-0.39, 0.29) is 5.78 Å². The molecule has 0 atom stereocenters. The van der Waals surface area contributed by atoms with E-state index in [4.69, 9.17) is 6.42 Å². The number of Topliss-reactive ketones (excluding diaryl/α,β-unsaturated/α-hetero) is 1. The standard InChI is InChI=1S/C15H10O/c1-2-15(16)14-11-7-6-10-13(14)12-8-4-3-5-9-12/h1,3-11H. The molecular weight excluding hydrogens is 196 g/mol. The van der Waals surface area contributed by atoms with E-state index in [1.807, 2.05) is 48.5 Å². The van der Waals surface area contributed by atoms with Crippen molar-refractivity contribution in [2.24, 2.45) is 0 Å². The number of carbonyl (C=O) groups is 1. The first kappa shape index (κ1) is 10.2. The number of rotatable bonds is 2. The third-order valence-electron chi connectivity index (χ3n) is 2.39. The fourth-order valence-electron chi connectivity index (χ4n) is 1.63. The Morgan fingerprint density at radius 1 is 0.938 bits per heavy atom. The Morgan fingerprint density at radius 2 is 1.56 bits per heavy atom. The van der Waals surface area contributed by atoms with Crippen molar-refractivity contribution < 1.29 is 4.79 Å². The van der Waals surface area contributed by atoms with E-state index in [2.05, 4.69) is 5.92 Å². The average molecular weight is 206 g/mol. The third-order valence-corrected chi connectivity index (χ3v) is 2.39. The largest absolute Gasteiger partial charge is 0.279 e. The molecule has 1 heteroatoms. The maximum atomic E-state index is 11.6. The molecule has 0 aliphatic carbocycles. The average Bonchev–Trinajstić information content (AvgIpc) is 2.39. The van der Waals surface area contributed by atoms with Crippen molar-refractivity contribution in [3.8, 4) is 23.5 Å². The van der Waals surface area contributed by atoms with Crippen molar-refractivity contribution in [1.82, 2.24) is 0 Å². The van der Waals surface area contributed by atoms with Crippen molar-refractivity contribution >= 4 is 5.78 Å². The van der Waals surface area contributed by atoms with Crippen molar-refractivity contribution in [1.29, 1.82) is 0 Å². The van der Waals surface area contributed by atoms with Crippen LogP contribution in [0.15, 0.2) is 54.6 Å². The lowest BCUT2D eigenvalue weighted by atomic mass is 9.97. The summed E-state index contributed by atoms with van der Waals surface area (Å²) >= 11 is 0. The maximum Gasteiger partial charge on any atom is 0.236 e. The fraction of sp³-hybridized carbons (Fsp3) is 0. The molecule has 0 radical (unpaired) electrons. The summed E-state index contributed by atoms with van der Waals surface area (Å²) in [6, 6.07) is 17.1. The second-order valence-corrected chi connectivity index (χ2v) is 3.39. The molecule has 0 saturated heterocycles. The van der Waals surface area contributed by atoms with Crippen LogP contribution in [-0.4, -0.2) is 5.78 Å². The monoisotopic (exact) mass is 206 g/mol. The van der Waals surface area contributed by atoms with Gasteiger partial charge in [0, 0.05) is 5.56 Å². The zero-order valence-corrected chi connectivity index (χ0v) is 8.68. The van der Waals surface area contributed by atoms with Gasteiger partial charge in [-0.1, -0.05) is 48.5 Å². The van der Waals surface area contributed by atoms with Gasteiger partial charge in [0.15, 0.2) is 0 Å². The normalized spacial score (nSPS) is 9.44. The molecular formula is C15H10O. The molecule has 0 bridgehead atoms. The molecule has 0 heterocycles. The summed E-state index contributed by atoms with van der Waals surface area (Å²) in [7, 11) is 0. The zero-order valence-electron chi connectivity index (χ0n) is 8.68. The highest BCUT2D eigenvalue weighted by atomic mass is 16.1. The van der Waals surface area contributed by atoms with E-state index < -0.39 is 0 Å². The molecule has 0 aromatic heterocycles. The number of ketones is 1. The maximum absolute atomic E-state index is 11.6. The van der Waals surface area contributed by atoms with Crippen LogP contribution in [0.1, 0.15) is 10.4 Å². The van der Waals surface area contributed by atoms with Crippen LogP contribution >= 0.6 is 0 Å². The van der Waals surface area contributed by atoms with Gasteiger partial charge < -0.3 is 0 Å². The zero-order chi connectivity index (χ0) is 11.4. The summed E-state index contributed by atoms with van der Waals surface area (Å²) < 4.78 is 0. The van der Waals surface area contributed by atoms with E-state index in [1.54, 1.807) is 6.07 Å². The second kappa shape index (κ2) is 4.46. The molecule has 0 fully saturated rings. The minimum atomic E-state index is -0.278. The topological polar surface area (TPSA) is 17.1 Å². The van der Waals surface area contributed by atoms with Gasteiger partial charge in [-0.3, -0.25) is 4.79 Å². The van der Waals surface area contributed by atoms with E-state index in [0.29, 0.717) is 5.56 Å². The predicted molar refractivity (Wildman–Crippen MR) is 65.0 cm³/mol. The Hall–Kier alpha value is -2.33. The Morgan fingerprint density at radius 3 is 2.25 bits per heavy atom. The summed E-state index contributed by atoms with van der Waals surface area (Å²) in [5.41, 5.74) is 2.46. The fourth-order valence-corrected chi connectivity index (χ4v) is 1.63. The van der Waals surface area contributed by atoms with Crippen molar-refractivity contribution in [3.63, 3.8) is 0 Å². The first-order valence-corrected chi connectivity index (χ1v) is 4.98. The first-order valence-electron chi connectivity index (χ1n) is 4.98. The van der Waals surface area contributed by atoms with Gasteiger partial charge in [-0.2, -0.15) is 0 Å². The van der Waals surface area contributed by atoms with E-state index in [1.165, 1.54) is 0 Å². The molecule has 0 unspecified atom stereocenters.